The lowest BCUT2D eigenvalue weighted by Crippen LogP contribution is -2.27. The lowest BCUT2D eigenvalue weighted by molar-refractivity contribution is -0.190. The van der Waals surface area contributed by atoms with Crippen LogP contribution in [0.1, 0.15) is 57.8 Å². The van der Waals surface area contributed by atoms with Crippen LogP contribution in [0.5, 0.6) is 0 Å². The zero-order chi connectivity index (χ0) is 9.64. The summed E-state index contributed by atoms with van der Waals surface area (Å²) in [7, 11) is 0. The zero-order valence-corrected chi connectivity index (χ0v) is 9.04. The molecule has 2 aliphatic rings. The minimum Gasteiger partial charge on any atom is -0.353 e. The van der Waals surface area contributed by atoms with Crippen molar-refractivity contribution in [2.75, 3.05) is 6.61 Å². The maximum atomic E-state index is 5.99. The third-order valence-electron chi connectivity index (χ3n) is 3.28. The van der Waals surface area contributed by atoms with Crippen LogP contribution < -0.4 is 0 Å². The average molecular weight is 198 g/mol. The Bertz CT molecular complexity index is 144. The fraction of sp³-hybridized carbons (Fsp3) is 1.00. The molecule has 1 unspecified atom stereocenters. The molecule has 1 saturated heterocycles. The van der Waals surface area contributed by atoms with Crippen molar-refractivity contribution in [3.8, 4) is 0 Å². The first-order chi connectivity index (χ1) is 6.95. The molecule has 2 fully saturated rings. The fourth-order valence-corrected chi connectivity index (χ4v) is 2.41. The van der Waals surface area contributed by atoms with Crippen molar-refractivity contribution in [3.63, 3.8) is 0 Å². The standard InChI is InChI=1S/C12H22O2/c1-2-4-8-11(7-3-1)14-12-9-5-6-10-13-12/h11-12H,1-10H2. The summed E-state index contributed by atoms with van der Waals surface area (Å²) in [5.74, 6) is 0. The highest BCUT2D eigenvalue weighted by Crippen LogP contribution is 2.23. The van der Waals surface area contributed by atoms with Crippen molar-refractivity contribution in [2.45, 2.75) is 70.2 Å². The molecule has 14 heavy (non-hydrogen) atoms. The second-order valence-corrected chi connectivity index (χ2v) is 4.55. The lowest BCUT2D eigenvalue weighted by atomic mass is 10.1. The van der Waals surface area contributed by atoms with E-state index < -0.39 is 0 Å². The Labute approximate surface area is 87.0 Å². The van der Waals surface area contributed by atoms with Gasteiger partial charge in [-0.05, 0) is 32.1 Å². The van der Waals surface area contributed by atoms with Gasteiger partial charge in [-0.1, -0.05) is 25.7 Å². The van der Waals surface area contributed by atoms with Crippen LogP contribution in [-0.2, 0) is 9.47 Å². The van der Waals surface area contributed by atoms with Gasteiger partial charge in [0, 0.05) is 6.61 Å². The average Bonchev–Trinajstić information content (AvgIpc) is 2.48. The molecule has 2 nitrogen and oxygen atoms in total. The Hall–Kier alpha value is -0.0800. The lowest BCUT2D eigenvalue weighted by Gasteiger charge is -2.27. The second-order valence-electron chi connectivity index (χ2n) is 4.55. The van der Waals surface area contributed by atoms with Crippen LogP contribution in [0.15, 0.2) is 0 Å². The molecule has 0 bridgehead atoms. The third-order valence-corrected chi connectivity index (χ3v) is 3.28. The highest BCUT2D eigenvalue weighted by molar-refractivity contribution is 4.66. The van der Waals surface area contributed by atoms with Crippen LogP contribution in [0.2, 0.25) is 0 Å². The summed E-state index contributed by atoms with van der Waals surface area (Å²) in [4.78, 5) is 0. The minimum atomic E-state index is 0.117. The maximum absolute atomic E-state index is 5.99. The Morgan fingerprint density at radius 1 is 0.786 bits per heavy atom. The van der Waals surface area contributed by atoms with E-state index in [1.54, 1.807) is 0 Å². The van der Waals surface area contributed by atoms with Crippen molar-refractivity contribution in [2.24, 2.45) is 0 Å². The Balaban J connectivity index is 1.71. The van der Waals surface area contributed by atoms with Crippen LogP contribution in [0.25, 0.3) is 0 Å². The number of rotatable bonds is 2. The van der Waals surface area contributed by atoms with E-state index in [1.807, 2.05) is 0 Å². The molecule has 1 aliphatic carbocycles. The van der Waals surface area contributed by atoms with E-state index in [-0.39, 0.29) is 6.29 Å². The van der Waals surface area contributed by atoms with Crippen molar-refractivity contribution in [1.82, 2.24) is 0 Å². The second kappa shape index (κ2) is 5.72. The van der Waals surface area contributed by atoms with Crippen molar-refractivity contribution in [1.29, 1.82) is 0 Å². The summed E-state index contributed by atoms with van der Waals surface area (Å²) in [5, 5.41) is 0. The molecule has 2 rings (SSSR count). The van der Waals surface area contributed by atoms with Crippen molar-refractivity contribution in [3.05, 3.63) is 0 Å². The van der Waals surface area contributed by atoms with Gasteiger partial charge in [0.05, 0.1) is 6.10 Å². The van der Waals surface area contributed by atoms with Gasteiger partial charge in [0.2, 0.25) is 0 Å². The minimum absolute atomic E-state index is 0.117. The molecule has 0 aromatic rings. The number of ether oxygens (including phenoxy) is 2. The molecular weight excluding hydrogens is 176 g/mol. The highest BCUT2D eigenvalue weighted by Gasteiger charge is 2.20. The molecule has 1 aliphatic heterocycles. The molecule has 1 atom stereocenters. The first-order valence-electron chi connectivity index (χ1n) is 6.22. The summed E-state index contributed by atoms with van der Waals surface area (Å²) >= 11 is 0. The fourth-order valence-electron chi connectivity index (χ4n) is 2.41. The van der Waals surface area contributed by atoms with Crippen LogP contribution in [0.3, 0.4) is 0 Å². The first-order valence-corrected chi connectivity index (χ1v) is 6.22. The molecule has 0 aromatic heterocycles. The summed E-state index contributed by atoms with van der Waals surface area (Å²) in [6.45, 7) is 0.900. The van der Waals surface area contributed by atoms with Gasteiger partial charge < -0.3 is 9.47 Å². The predicted molar refractivity (Wildman–Crippen MR) is 56.2 cm³/mol. The van der Waals surface area contributed by atoms with E-state index in [0.29, 0.717) is 6.10 Å². The SMILES string of the molecule is C1CCCC(OC2CCCCO2)CC1. The molecule has 0 radical (unpaired) electrons. The first kappa shape index (κ1) is 10.4. The predicted octanol–water partition coefficient (Wildman–Crippen LogP) is 3.25. The Morgan fingerprint density at radius 3 is 2.14 bits per heavy atom. The molecule has 1 saturated carbocycles. The summed E-state index contributed by atoms with van der Waals surface area (Å²) < 4.78 is 11.6. The van der Waals surface area contributed by atoms with Gasteiger partial charge in [-0.15, -0.1) is 0 Å². The van der Waals surface area contributed by atoms with E-state index in [1.165, 1.54) is 51.4 Å². The Kier molecular flexibility index (Phi) is 4.26. The van der Waals surface area contributed by atoms with Gasteiger partial charge in [-0.25, -0.2) is 0 Å². The van der Waals surface area contributed by atoms with Crippen LogP contribution >= 0.6 is 0 Å². The monoisotopic (exact) mass is 198 g/mol. The third kappa shape index (κ3) is 3.25. The Morgan fingerprint density at radius 2 is 1.50 bits per heavy atom. The van der Waals surface area contributed by atoms with Crippen LogP contribution in [-0.4, -0.2) is 19.0 Å². The van der Waals surface area contributed by atoms with E-state index in [0.717, 1.165) is 13.0 Å². The van der Waals surface area contributed by atoms with Crippen LogP contribution in [0.4, 0.5) is 0 Å². The maximum Gasteiger partial charge on any atom is 0.157 e. The van der Waals surface area contributed by atoms with E-state index in [9.17, 15) is 0 Å². The molecule has 2 heteroatoms. The quantitative estimate of drug-likeness (QED) is 0.634. The smallest absolute Gasteiger partial charge is 0.157 e. The molecule has 82 valence electrons. The molecule has 0 spiro atoms. The topological polar surface area (TPSA) is 18.5 Å². The summed E-state index contributed by atoms with van der Waals surface area (Å²) in [6.07, 6.45) is 12.2. The van der Waals surface area contributed by atoms with Crippen LogP contribution in [0, 0.1) is 0 Å². The van der Waals surface area contributed by atoms with E-state index in [2.05, 4.69) is 0 Å². The molecule has 0 aromatic carbocycles. The molecule has 0 N–H and O–H groups in total. The summed E-state index contributed by atoms with van der Waals surface area (Å²) in [5.41, 5.74) is 0. The van der Waals surface area contributed by atoms with Gasteiger partial charge in [-0.2, -0.15) is 0 Å². The molecular formula is C12H22O2. The van der Waals surface area contributed by atoms with E-state index >= 15 is 0 Å². The van der Waals surface area contributed by atoms with Gasteiger partial charge in [-0.3, -0.25) is 0 Å². The van der Waals surface area contributed by atoms with Gasteiger partial charge in [0.25, 0.3) is 0 Å². The van der Waals surface area contributed by atoms with Gasteiger partial charge >= 0.3 is 0 Å². The van der Waals surface area contributed by atoms with Crippen molar-refractivity contribution < 1.29 is 9.47 Å². The largest absolute Gasteiger partial charge is 0.353 e. The number of hydrogen-bond donors (Lipinski definition) is 0. The zero-order valence-electron chi connectivity index (χ0n) is 9.04. The molecule has 0 amide bonds. The summed E-state index contributed by atoms with van der Waals surface area (Å²) in [6, 6.07) is 0. The molecule has 1 heterocycles. The van der Waals surface area contributed by atoms with Crippen molar-refractivity contribution >= 4 is 0 Å². The van der Waals surface area contributed by atoms with Gasteiger partial charge in [0.15, 0.2) is 6.29 Å². The normalized spacial score (nSPS) is 31.3. The highest BCUT2D eigenvalue weighted by atomic mass is 16.7. The van der Waals surface area contributed by atoms with Gasteiger partial charge in [0.1, 0.15) is 0 Å². The van der Waals surface area contributed by atoms with E-state index in [4.69, 9.17) is 9.47 Å². The number of hydrogen-bond acceptors (Lipinski definition) is 2.